The van der Waals surface area contributed by atoms with Crippen LogP contribution in [0.3, 0.4) is 0 Å². The van der Waals surface area contributed by atoms with Gasteiger partial charge >= 0.3 is 0 Å². The first kappa shape index (κ1) is 14.8. The molecular weight excluding hydrogens is 354 g/mol. The number of hydrogen-bond donors (Lipinski definition) is 0. The third-order valence-corrected chi connectivity index (χ3v) is 5.74. The number of carbonyl (C=O) groups is 1. The largest absolute Gasteiger partial charge is 0.335 e. The maximum absolute atomic E-state index is 11.9. The molecule has 4 nitrogen and oxygen atoms in total. The summed E-state index contributed by atoms with van der Waals surface area (Å²) in [6.45, 7) is 2.03. The lowest BCUT2D eigenvalue weighted by molar-refractivity contribution is -0.129. The lowest BCUT2D eigenvalue weighted by Crippen LogP contribution is -2.30. The van der Waals surface area contributed by atoms with Crippen molar-refractivity contribution in [3.05, 3.63) is 34.3 Å². The monoisotopic (exact) mass is 365 g/mol. The predicted octanol–water partition coefficient (Wildman–Crippen LogP) is 2.68. The molecule has 1 amide bonds. The average molecular weight is 367 g/mol. The quantitative estimate of drug-likeness (QED) is 0.773. The van der Waals surface area contributed by atoms with Gasteiger partial charge in [0.25, 0.3) is 0 Å². The molecule has 0 saturated carbocycles. The van der Waals surface area contributed by atoms with Gasteiger partial charge < -0.3 is 4.90 Å². The molecule has 0 radical (unpaired) electrons. The number of benzene rings is 1. The highest BCUT2D eigenvalue weighted by Crippen LogP contribution is 2.30. The molecule has 2 rings (SSSR count). The molecule has 1 aliphatic heterocycles. The van der Waals surface area contributed by atoms with Gasteiger partial charge in [0, 0.05) is 28.1 Å². The van der Waals surface area contributed by atoms with Gasteiger partial charge in [-0.3, -0.25) is 4.79 Å². The molecule has 7 heteroatoms. The maximum atomic E-state index is 11.9. The Bertz CT molecular complexity index is 587. The van der Waals surface area contributed by atoms with Crippen molar-refractivity contribution in [1.82, 2.24) is 4.90 Å². The fourth-order valence-electron chi connectivity index (χ4n) is 2.18. The fraction of sp³-hybridized carbons (Fsp3) is 0.417. The molecule has 1 fully saturated rings. The number of rotatable bonds is 3. The zero-order valence-corrected chi connectivity index (χ0v) is 13.4. The van der Waals surface area contributed by atoms with E-state index in [1.165, 1.54) is 0 Å². The van der Waals surface area contributed by atoms with E-state index in [0.29, 0.717) is 0 Å². The van der Waals surface area contributed by atoms with E-state index < -0.39 is 14.3 Å². The van der Waals surface area contributed by atoms with Crippen LogP contribution in [0.4, 0.5) is 0 Å². The van der Waals surface area contributed by atoms with Crippen LogP contribution < -0.4 is 0 Å². The van der Waals surface area contributed by atoms with Crippen LogP contribution in [0.25, 0.3) is 0 Å². The van der Waals surface area contributed by atoms with Crippen LogP contribution in [0.2, 0.25) is 0 Å². The summed E-state index contributed by atoms with van der Waals surface area (Å²) in [7, 11) is 1.64. The van der Waals surface area contributed by atoms with Crippen molar-refractivity contribution < 1.29 is 13.2 Å². The Morgan fingerprint density at radius 1 is 1.37 bits per heavy atom. The minimum absolute atomic E-state index is 0.0350. The summed E-state index contributed by atoms with van der Waals surface area (Å²) in [4.78, 5) is 13.5. The van der Waals surface area contributed by atoms with Gasteiger partial charge in [0.15, 0.2) is 0 Å². The standard InChI is InChI=1S/C12H13BrClNO3S/c1-8(9-2-4-10(13)5-3-9)15-7-11(6-12(15)16)19(14,17)18/h2-5,8,11H,6-7H2,1H3. The molecule has 19 heavy (non-hydrogen) atoms. The van der Waals surface area contributed by atoms with Crippen molar-refractivity contribution in [3.63, 3.8) is 0 Å². The van der Waals surface area contributed by atoms with Gasteiger partial charge in [0.1, 0.15) is 5.25 Å². The summed E-state index contributed by atoms with van der Waals surface area (Å²) in [5.74, 6) is -0.176. The molecule has 2 unspecified atom stereocenters. The van der Waals surface area contributed by atoms with Gasteiger partial charge in [-0.25, -0.2) is 8.42 Å². The maximum Gasteiger partial charge on any atom is 0.237 e. The molecule has 0 aliphatic carbocycles. The van der Waals surface area contributed by atoms with Crippen molar-refractivity contribution in [2.75, 3.05) is 6.54 Å². The third-order valence-electron chi connectivity index (χ3n) is 3.34. The normalized spacial score (nSPS) is 21.7. The molecule has 0 N–H and O–H groups in total. The van der Waals surface area contributed by atoms with Crippen molar-refractivity contribution in [3.8, 4) is 0 Å². The Morgan fingerprint density at radius 3 is 2.42 bits per heavy atom. The molecule has 104 valence electrons. The topological polar surface area (TPSA) is 54.5 Å². The van der Waals surface area contributed by atoms with Gasteiger partial charge in [-0.2, -0.15) is 0 Å². The van der Waals surface area contributed by atoms with E-state index in [1.807, 2.05) is 31.2 Å². The van der Waals surface area contributed by atoms with Gasteiger partial charge in [0.05, 0.1) is 6.04 Å². The van der Waals surface area contributed by atoms with Gasteiger partial charge in [-0.05, 0) is 24.6 Å². The fourth-order valence-corrected chi connectivity index (χ4v) is 3.48. The van der Waals surface area contributed by atoms with Crippen molar-refractivity contribution >= 4 is 41.6 Å². The van der Waals surface area contributed by atoms with Crippen LogP contribution in [-0.4, -0.2) is 31.0 Å². The number of carbonyl (C=O) groups excluding carboxylic acids is 1. The smallest absolute Gasteiger partial charge is 0.237 e. The first-order valence-corrected chi connectivity index (χ1v) is 8.94. The van der Waals surface area contributed by atoms with Crippen molar-refractivity contribution in [2.24, 2.45) is 0 Å². The van der Waals surface area contributed by atoms with Gasteiger partial charge in [0.2, 0.25) is 15.0 Å². The molecule has 2 atom stereocenters. The Labute approximate surface area is 125 Å². The zero-order chi connectivity index (χ0) is 14.2. The highest BCUT2D eigenvalue weighted by atomic mass is 79.9. The van der Waals surface area contributed by atoms with Crippen LogP contribution in [0.1, 0.15) is 24.9 Å². The Balaban J connectivity index is 2.18. The molecular formula is C12H13BrClNO3S. The molecule has 1 aromatic carbocycles. The van der Waals surface area contributed by atoms with Crippen LogP contribution in [0, 0.1) is 0 Å². The summed E-state index contributed by atoms with van der Waals surface area (Å²) in [6.07, 6.45) is -0.0350. The van der Waals surface area contributed by atoms with Gasteiger partial charge in [-0.15, -0.1) is 0 Å². The van der Waals surface area contributed by atoms with E-state index in [9.17, 15) is 13.2 Å². The van der Waals surface area contributed by atoms with Crippen LogP contribution >= 0.6 is 26.6 Å². The summed E-state index contributed by atoms with van der Waals surface area (Å²) in [6, 6.07) is 7.43. The summed E-state index contributed by atoms with van der Waals surface area (Å²) >= 11 is 3.35. The van der Waals surface area contributed by atoms with Crippen molar-refractivity contribution in [1.29, 1.82) is 0 Å². The Morgan fingerprint density at radius 2 is 1.95 bits per heavy atom. The van der Waals surface area contributed by atoms with E-state index in [1.54, 1.807) is 4.90 Å². The zero-order valence-electron chi connectivity index (χ0n) is 10.2. The first-order chi connectivity index (χ1) is 8.79. The summed E-state index contributed by atoms with van der Waals surface area (Å²) in [5.41, 5.74) is 0.962. The highest BCUT2D eigenvalue weighted by molar-refractivity contribution is 9.10. The van der Waals surface area contributed by atoms with Crippen molar-refractivity contribution in [2.45, 2.75) is 24.6 Å². The van der Waals surface area contributed by atoms with Crippen LogP contribution in [0.15, 0.2) is 28.7 Å². The highest BCUT2D eigenvalue weighted by Gasteiger charge is 2.39. The van der Waals surface area contributed by atoms with E-state index in [0.717, 1.165) is 10.0 Å². The molecule has 1 saturated heterocycles. The minimum Gasteiger partial charge on any atom is -0.335 e. The van der Waals surface area contributed by atoms with E-state index in [-0.39, 0.29) is 24.9 Å². The lowest BCUT2D eigenvalue weighted by Gasteiger charge is -2.25. The molecule has 1 aromatic rings. The SMILES string of the molecule is CC(c1ccc(Br)cc1)N1CC(S(=O)(=O)Cl)CC1=O. The molecule has 1 heterocycles. The van der Waals surface area contributed by atoms with Gasteiger partial charge in [-0.1, -0.05) is 28.1 Å². The number of nitrogens with zero attached hydrogens (tertiary/aromatic N) is 1. The number of hydrogen-bond acceptors (Lipinski definition) is 3. The molecule has 1 aliphatic rings. The molecule has 0 bridgehead atoms. The molecule has 0 spiro atoms. The average Bonchev–Trinajstić information content (AvgIpc) is 2.71. The van der Waals surface area contributed by atoms with Crippen LogP contribution in [0.5, 0.6) is 0 Å². The Kier molecular flexibility index (Phi) is 4.23. The third kappa shape index (κ3) is 3.30. The Hall–Kier alpha value is -0.590. The number of amides is 1. The van der Waals surface area contributed by atoms with E-state index >= 15 is 0 Å². The predicted molar refractivity (Wildman–Crippen MR) is 77.4 cm³/mol. The second kappa shape index (κ2) is 5.42. The lowest BCUT2D eigenvalue weighted by atomic mass is 10.1. The van der Waals surface area contributed by atoms with Crippen LogP contribution in [-0.2, 0) is 13.8 Å². The summed E-state index contributed by atoms with van der Waals surface area (Å²) in [5, 5.41) is -0.806. The second-order valence-corrected chi connectivity index (χ2v) is 8.40. The van der Waals surface area contributed by atoms with E-state index in [2.05, 4.69) is 15.9 Å². The van der Waals surface area contributed by atoms with E-state index in [4.69, 9.17) is 10.7 Å². The number of halogens is 2. The minimum atomic E-state index is -3.69. The molecule has 0 aromatic heterocycles. The second-order valence-electron chi connectivity index (χ2n) is 4.58. The first-order valence-electron chi connectivity index (χ1n) is 5.77. The summed E-state index contributed by atoms with van der Waals surface area (Å²) < 4.78 is 23.6. The number of likely N-dealkylation sites (tertiary alicyclic amines) is 1.